The molecule has 0 aliphatic heterocycles. The summed E-state index contributed by atoms with van der Waals surface area (Å²) in [4.78, 5) is 20.9. The number of hydrogen-bond acceptors (Lipinski definition) is 4. The standard InChI is InChI=1S/C11H10BrFO4/c1-16-11(15)10(12)6-17-9-3-7(5-14)2-8(13)4-9/h2-5,10H,6H2,1H3. The van der Waals surface area contributed by atoms with Crippen LogP contribution in [-0.2, 0) is 9.53 Å². The molecule has 0 aromatic heterocycles. The second kappa shape index (κ2) is 6.34. The Morgan fingerprint density at radius 3 is 2.82 bits per heavy atom. The number of carbonyl (C=O) groups is 2. The lowest BCUT2D eigenvalue weighted by atomic mass is 10.2. The molecule has 1 aromatic rings. The molecular weight excluding hydrogens is 295 g/mol. The molecule has 0 heterocycles. The molecule has 0 aliphatic carbocycles. The molecule has 0 radical (unpaired) electrons. The maximum Gasteiger partial charge on any atom is 0.322 e. The van der Waals surface area contributed by atoms with Gasteiger partial charge in [-0.25, -0.2) is 4.39 Å². The van der Waals surface area contributed by atoms with Crippen LogP contribution in [-0.4, -0.2) is 30.8 Å². The Bertz CT molecular complexity index is 422. The van der Waals surface area contributed by atoms with Crippen molar-refractivity contribution in [1.29, 1.82) is 0 Å². The number of halogens is 2. The topological polar surface area (TPSA) is 52.6 Å². The van der Waals surface area contributed by atoms with Crippen LogP contribution < -0.4 is 4.74 Å². The van der Waals surface area contributed by atoms with E-state index in [9.17, 15) is 14.0 Å². The van der Waals surface area contributed by atoms with Gasteiger partial charge in [-0.3, -0.25) is 9.59 Å². The van der Waals surface area contributed by atoms with Gasteiger partial charge in [-0.05, 0) is 12.1 Å². The lowest BCUT2D eigenvalue weighted by Gasteiger charge is -2.10. The third-order valence-electron chi connectivity index (χ3n) is 1.88. The van der Waals surface area contributed by atoms with E-state index >= 15 is 0 Å². The quantitative estimate of drug-likeness (QED) is 0.474. The van der Waals surface area contributed by atoms with Gasteiger partial charge in [-0.2, -0.15) is 0 Å². The predicted octanol–water partition coefficient (Wildman–Crippen LogP) is 1.95. The summed E-state index contributed by atoms with van der Waals surface area (Å²) in [5.41, 5.74) is 0.171. The second-order valence-corrected chi connectivity index (χ2v) is 4.25. The summed E-state index contributed by atoms with van der Waals surface area (Å²) in [5.74, 6) is -0.883. The van der Waals surface area contributed by atoms with Gasteiger partial charge in [0.2, 0.25) is 0 Å². The number of hydrogen-bond donors (Lipinski definition) is 0. The fourth-order valence-electron chi connectivity index (χ4n) is 1.10. The Balaban J connectivity index is 2.66. The molecule has 1 aromatic carbocycles. The monoisotopic (exact) mass is 304 g/mol. The minimum absolute atomic E-state index is 0.0194. The van der Waals surface area contributed by atoms with E-state index in [4.69, 9.17) is 4.74 Å². The van der Waals surface area contributed by atoms with E-state index < -0.39 is 16.6 Å². The summed E-state index contributed by atoms with van der Waals surface area (Å²) in [6.45, 7) is -0.0194. The highest BCUT2D eigenvalue weighted by atomic mass is 79.9. The first-order chi connectivity index (χ1) is 8.06. The third-order valence-corrected chi connectivity index (χ3v) is 2.52. The van der Waals surface area contributed by atoms with E-state index in [1.54, 1.807) is 0 Å². The summed E-state index contributed by atoms with van der Waals surface area (Å²) in [6, 6.07) is 3.60. The molecule has 1 unspecified atom stereocenters. The lowest BCUT2D eigenvalue weighted by Crippen LogP contribution is -2.23. The van der Waals surface area contributed by atoms with Gasteiger partial charge in [0.15, 0.2) is 0 Å². The van der Waals surface area contributed by atoms with Crippen LogP contribution in [0.5, 0.6) is 5.75 Å². The largest absolute Gasteiger partial charge is 0.492 e. The molecular formula is C11H10BrFO4. The van der Waals surface area contributed by atoms with E-state index in [1.807, 2.05) is 0 Å². The maximum atomic E-state index is 13.0. The van der Waals surface area contributed by atoms with Gasteiger partial charge in [0.25, 0.3) is 0 Å². The smallest absolute Gasteiger partial charge is 0.322 e. The van der Waals surface area contributed by atoms with Crippen molar-refractivity contribution in [2.45, 2.75) is 4.83 Å². The van der Waals surface area contributed by atoms with Crippen LogP contribution in [0.15, 0.2) is 18.2 Å². The highest BCUT2D eigenvalue weighted by Gasteiger charge is 2.16. The van der Waals surface area contributed by atoms with Crippen molar-refractivity contribution in [3.8, 4) is 5.75 Å². The predicted molar refractivity (Wildman–Crippen MR) is 62.0 cm³/mol. The highest BCUT2D eigenvalue weighted by Crippen LogP contribution is 2.16. The molecule has 17 heavy (non-hydrogen) atoms. The van der Waals surface area contributed by atoms with Crippen LogP contribution in [0.25, 0.3) is 0 Å². The molecule has 0 aliphatic rings. The van der Waals surface area contributed by atoms with Crippen LogP contribution in [0.2, 0.25) is 0 Å². The molecule has 4 nitrogen and oxygen atoms in total. The van der Waals surface area contributed by atoms with Crippen molar-refractivity contribution in [2.75, 3.05) is 13.7 Å². The average Bonchev–Trinajstić information content (AvgIpc) is 2.34. The average molecular weight is 305 g/mol. The zero-order chi connectivity index (χ0) is 12.8. The molecule has 92 valence electrons. The Morgan fingerprint density at radius 1 is 1.53 bits per heavy atom. The van der Waals surface area contributed by atoms with Crippen molar-refractivity contribution >= 4 is 28.2 Å². The van der Waals surface area contributed by atoms with Crippen LogP contribution in [0.4, 0.5) is 4.39 Å². The van der Waals surface area contributed by atoms with Crippen LogP contribution in [0.3, 0.4) is 0 Å². The fraction of sp³-hybridized carbons (Fsp3) is 0.273. The number of carbonyl (C=O) groups excluding carboxylic acids is 2. The molecule has 0 N–H and O–H groups in total. The Hall–Kier alpha value is -1.43. The highest BCUT2D eigenvalue weighted by molar-refractivity contribution is 9.10. The van der Waals surface area contributed by atoms with E-state index in [1.165, 1.54) is 13.2 Å². The first-order valence-corrected chi connectivity index (χ1v) is 5.59. The van der Waals surface area contributed by atoms with E-state index in [2.05, 4.69) is 20.7 Å². The normalized spacial score (nSPS) is 11.7. The minimum atomic E-state index is -0.643. The SMILES string of the molecule is COC(=O)C(Br)COc1cc(F)cc(C=O)c1. The van der Waals surface area contributed by atoms with Crippen molar-refractivity contribution in [1.82, 2.24) is 0 Å². The van der Waals surface area contributed by atoms with E-state index in [0.29, 0.717) is 6.29 Å². The van der Waals surface area contributed by atoms with Crippen LogP contribution >= 0.6 is 15.9 Å². The molecule has 6 heteroatoms. The first kappa shape index (κ1) is 13.6. The Morgan fingerprint density at radius 2 is 2.24 bits per heavy atom. The number of aldehydes is 1. The minimum Gasteiger partial charge on any atom is -0.492 e. The molecule has 1 rings (SSSR count). The van der Waals surface area contributed by atoms with Gasteiger partial charge in [-0.15, -0.1) is 0 Å². The van der Waals surface area contributed by atoms with Crippen molar-refractivity contribution in [3.05, 3.63) is 29.6 Å². The zero-order valence-electron chi connectivity index (χ0n) is 8.98. The van der Waals surface area contributed by atoms with Gasteiger partial charge in [0.1, 0.15) is 29.3 Å². The van der Waals surface area contributed by atoms with Crippen LogP contribution in [0, 0.1) is 5.82 Å². The third kappa shape index (κ3) is 4.14. The number of rotatable bonds is 5. The summed E-state index contributed by atoms with van der Waals surface area (Å²) >= 11 is 3.05. The Kier molecular flexibility index (Phi) is 5.09. The number of alkyl halides is 1. The number of ether oxygens (including phenoxy) is 2. The van der Waals surface area contributed by atoms with Gasteiger partial charge >= 0.3 is 5.97 Å². The van der Waals surface area contributed by atoms with E-state index in [-0.39, 0.29) is 17.9 Å². The second-order valence-electron chi connectivity index (χ2n) is 3.14. The fourth-order valence-corrected chi connectivity index (χ4v) is 1.42. The summed E-state index contributed by atoms with van der Waals surface area (Å²) < 4.78 is 22.7. The maximum absolute atomic E-state index is 13.0. The zero-order valence-corrected chi connectivity index (χ0v) is 10.6. The van der Waals surface area contributed by atoms with E-state index in [0.717, 1.165) is 12.1 Å². The molecule has 1 atom stereocenters. The molecule has 0 saturated heterocycles. The summed E-state index contributed by atoms with van der Waals surface area (Å²) in [7, 11) is 1.25. The van der Waals surface area contributed by atoms with Crippen molar-refractivity contribution in [2.24, 2.45) is 0 Å². The number of methoxy groups -OCH3 is 1. The van der Waals surface area contributed by atoms with Crippen molar-refractivity contribution < 1.29 is 23.5 Å². The summed E-state index contributed by atoms with van der Waals surface area (Å²) in [5, 5.41) is 0. The lowest BCUT2D eigenvalue weighted by molar-refractivity contribution is -0.140. The van der Waals surface area contributed by atoms with Crippen LogP contribution in [0.1, 0.15) is 10.4 Å². The van der Waals surface area contributed by atoms with Crippen molar-refractivity contribution in [3.63, 3.8) is 0 Å². The first-order valence-electron chi connectivity index (χ1n) is 4.67. The summed E-state index contributed by atoms with van der Waals surface area (Å²) in [6.07, 6.45) is 0.516. The van der Waals surface area contributed by atoms with Gasteiger partial charge in [0.05, 0.1) is 7.11 Å². The number of benzene rings is 1. The molecule has 0 spiro atoms. The molecule has 0 amide bonds. The van der Waals surface area contributed by atoms with Gasteiger partial charge < -0.3 is 9.47 Å². The Labute approximate surface area is 106 Å². The van der Waals surface area contributed by atoms with Gasteiger partial charge in [0, 0.05) is 11.6 Å². The number of esters is 1. The molecule has 0 bridgehead atoms. The molecule has 0 fully saturated rings. The molecule has 0 saturated carbocycles. The van der Waals surface area contributed by atoms with Gasteiger partial charge in [-0.1, -0.05) is 15.9 Å².